The van der Waals surface area contributed by atoms with Gasteiger partial charge < -0.3 is 4.57 Å². The van der Waals surface area contributed by atoms with Crippen LogP contribution in [0.15, 0.2) is 16.7 Å². The lowest BCUT2D eigenvalue weighted by atomic mass is 10.4. The first-order chi connectivity index (χ1) is 10.1. The van der Waals surface area contributed by atoms with Gasteiger partial charge in [-0.1, -0.05) is 0 Å². The third-order valence-electron chi connectivity index (χ3n) is 3.68. The molecule has 1 atom stereocenters. The molecule has 0 amide bonds. The average molecular weight is 390 g/mol. The van der Waals surface area contributed by atoms with Crippen LogP contribution < -0.4 is 0 Å². The van der Waals surface area contributed by atoms with Gasteiger partial charge in [-0.25, -0.2) is 9.97 Å². The minimum Gasteiger partial charge on any atom is -0.310 e. The molecule has 1 fully saturated rings. The first-order valence-corrected chi connectivity index (χ1v) is 9.49. The summed E-state index contributed by atoms with van der Waals surface area (Å²) in [7, 11) is 0. The molecule has 3 rings (SSSR count). The van der Waals surface area contributed by atoms with E-state index in [2.05, 4.69) is 35.4 Å². The lowest BCUT2D eigenvalue weighted by Gasteiger charge is -2.26. The number of alkyl halides is 1. The molecule has 7 heteroatoms. The summed E-state index contributed by atoms with van der Waals surface area (Å²) in [5, 5.41) is -0.116. The van der Waals surface area contributed by atoms with Gasteiger partial charge in [0.25, 0.3) is 0 Å². The zero-order valence-electron chi connectivity index (χ0n) is 11.9. The van der Waals surface area contributed by atoms with E-state index in [1.54, 1.807) is 0 Å². The van der Waals surface area contributed by atoms with Crippen LogP contribution >= 0.6 is 39.3 Å². The third kappa shape index (κ3) is 3.55. The Kier molecular flexibility index (Phi) is 5.09. The molecule has 0 aromatic carbocycles. The second kappa shape index (κ2) is 6.86. The summed E-state index contributed by atoms with van der Waals surface area (Å²) in [4.78, 5) is 11.7. The van der Waals surface area contributed by atoms with Crippen molar-refractivity contribution >= 4 is 50.5 Å². The summed E-state index contributed by atoms with van der Waals surface area (Å²) in [6.07, 6.45) is 1.82. The van der Waals surface area contributed by atoms with Crippen LogP contribution in [0.2, 0.25) is 0 Å². The number of halogens is 2. The van der Waals surface area contributed by atoms with E-state index >= 15 is 0 Å². The Labute approximate surface area is 142 Å². The van der Waals surface area contributed by atoms with Gasteiger partial charge in [0.1, 0.15) is 11.3 Å². The van der Waals surface area contributed by atoms with Crippen molar-refractivity contribution in [2.75, 3.05) is 31.1 Å². The largest absolute Gasteiger partial charge is 0.310 e. The fraction of sp³-hybridized carbons (Fsp3) is 0.571. The van der Waals surface area contributed by atoms with Crippen LogP contribution in [-0.2, 0) is 6.54 Å². The van der Waals surface area contributed by atoms with E-state index in [1.165, 1.54) is 24.6 Å². The number of pyridine rings is 1. The number of rotatable bonds is 4. The summed E-state index contributed by atoms with van der Waals surface area (Å²) < 4.78 is 3.11. The van der Waals surface area contributed by atoms with Crippen LogP contribution in [-0.4, -0.2) is 50.6 Å². The van der Waals surface area contributed by atoms with Gasteiger partial charge in [-0.2, -0.15) is 11.8 Å². The van der Waals surface area contributed by atoms with Gasteiger partial charge in [0.05, 0.1) is 5.38 Å². The van der Waals surface area contributed by atoms with E-state index in [4.69, 9.17) is 11.6 Å². The smallest absolute Gasteiger partial charge is 0.160 e. The lowest BCUT2D eigenvalue weighted by Crippen LogP contribution is -2.35. The van der Waals surface area contributed by atoms with Crippen LogP contribution in [0.5, 0.6) is 0 Å². The molecule has 1 aliphatic heterocycles. The monoisotopic (exact) mass is 388 g/mol. The van der Waals surface area contributed by atoms with Crippen LogP contribution in [0.25, 0.3) is 11.2 Å². The molecule has 1 aliphatic rings. The molecule has 2 aromatic heterocycles. The van der Waals surface area contributed by atoms with Crippen molar-refractivity contribution in [2.45, 2.75) is 18.8 Å². The molecule has 114 valence electrons. The van der Waals surface area contributed by atoms with Gasteiger partial charge in [0.15, 0.2) is 5.65 Å². The lowest BCUT2D eigenvalue weighted by molar-refractivity contribution is 0.289. The van der Waals surface area contributed by atoms with Crippen molar-refractivity contribution in [1.82, 2.24) is 19.4 Å². The molecule has 0 N–H and O–H groups in total. The highest BCUT2D eigenvalue weighted by Gasteiger charge is 2.17. The van der Waals surface area contributed by atoms with Crippen molar-refractivity contribution in [1.29, 1.82) is 0 Å². The molecule has 2 aromatic rings. The number of thioether (sulfide) groups is 1. The average Bonchev–Trinajstić information content (AvgIpc) is 2.84. The molecular weight excluding hydrogens is 372 g/mol. The van der Waals surface area contributed by atoms with Crippen LogP contribution in [0.1, 0.15) is 18.1 Å². The summed E-state index contributed by atoms with van der Waals surface area (Å²) in [6, 6.07) is 2.00. The summed E-state index contributed by atoms with van der Waals surface area (Å²) >= 11 is 11.8. The molecule has 0 aliphatic carbocycles. The molecule has 21 heavy (non-hydrogen) atoms. The Morgan fingerprint density at radius 3 is 2.86 bits per heavy atom. The second-order valence-electron chi connectivity index (χ2n) is 5.19. The van der Waals surface area contributed by atoms with Crippen molar-refractivity contribution in [2.24, 2.45) is 0 Å². The molecule has 0 radical (unpaired) electrons. The minimum absolute atomic E-state index is 0.116. The minimum atomic E-state index is -0.116. The number of fused-ring (bicyclic) bond motifs is 1. The highest BCUT2D eigenvalue weighted by atomic mass is 79.9. The zero-order chi connectivity index (χ0) is 14.8. The van der Waals surface area contributed by atoms with Gasteiger partial charge >= 0.3 is 0 Å². The zero-order valence-corrected chi connectivity index (χ0v) is 15.1. The summed E-state index contributed by atoms with van der Waals surface area (Å²) in [5.41, 5.74) is 1.83. The summed E-state index contributed by atoms with van der Waals surface area (Å²) in [6.45, 7) is 6.22. The number of hydrogen-bond acceptors (Lipinski definition) is 4. The van der Waals surface area contributed by atoms with Crippen molar-refractivity contribution < 1.29 is 0 Å². The van der Waals surface area contributed by atoms with Crippen molar-refractivity contribution in [3.63, 3.8) is 0 Å². The molecule has 0 saturated carbocycles. The van der Waals surface area contributed by atoms with Crippen LogP contribution in [0.3, 0.4) is 0 Å². The molecule has 3 heterocycles. The van der Waals surface area contributed by atoms with Gasteiger partial charge in [0.2, 0.25) is 0 Å². The quantitative estimate of drug-likeness (QED) is 0.749. The van der Waals surface area contributed by atoms with Crippen LogP contribution in [0, 0.1) is 0 Å². The normalized spacial score (nSPS) is 18.2. The van der Waals surface area contributed by atoms with Gasteiger partial charge in [0, 0.05) is 48.4 Å². The standard InChI is InChI=1S/C14H18BrClN4S/c1-10(16)13-18-12-8-11(15)9-17-14(12)20(13)3-2-19-4-6-21-7-5-19/h8-10H,2-7H2,1H3. The van der Waals surface area contributed by atoms with E-state index in [0.29, 0.717) is 0 Å². The Morgan fingerprint density at radius 1 is 1.38 bits per heavy atom. The van der Waals surface area contributed by atoms with E-state index in [9.17, 15) is 0 Å². The predicted molar refractivity (Wildman–Crippen MR) is 93.3 cm³/mol. The third-order valence-corrected chi connectivity index (χ3v) is 5.25. The maximum Gasteiger partial charge on any atom is 0.160 e. The highest BCUT2D eigenvalue weighted by molar-refractivity contribution is 9.10. The Bertz CT molecular complexity index is 625. The van der Waals surface area contributed by atoms with Gasteiger partial charge in [-0.3, -0.25) is 4.90 Å². The second-order valence-corrected chi connectivity index (χ2v) is 7.98. The van der Waals surface area contributed by atoms with E-state index in [0.717, 1.165) is 34.6 Å². The van der Waals surface area contributed by atoms with Crippen molar-refractivity contribution in [3.05, 3.63) is 22.6 Å². The number of aromatic nitrogens is 3. The van der Waals surface area contributed by atoms with E-state index in [-0.39, 0.29) is 5.38 Å². The molecule has 4 nitrogen and oxygen atoms in total. The first kappa shape index (κ1) is 15.6. The van der Waals surface area contributed by atoms with Gasteiger partial charge in [-0.05, 0) is 28.9 Å². The fourth-order valence-electron chi connectivity index (χ4n) is 2.59. The topological polar surface area (TPSA) is 34.0 Å². The van der Waals surface area contributed by atoms with Crippen LogP contribution in [0.4, 0.5) is 0 Å². The van der Waals surface area contributed by atoms with E-state index in [1.807, 2.05) is 30.9 Å². The maximum atomic E-state index is 6.30. The molecule has 1 unspecified atom stereocenters. The fourth-order valence-corrected chi connectivity index (χ4v) is 4.06. The number of hydrogen-bond donors (Lipinski definition) is 0. The van der Waals surface area contributed by atoms with Crippen molar-refractivity contribution in [3.8, 4) is 0 Å². The number of imidazole rings is 1. The first-order valence-electron chi connectivity index (χ1n) is 7.11. The Balaban J connectivity index is 1.86. The Morgan fingerprint density at radius 2 is 2.14 bits per heavy atom. The number of nitrogens with zero attached hydrogens (tertiary/aromatic N) is 4. The van der Waals surface area contributed by atoms with Gasteiger partial charge in [-0.15, -0.1) is 11.6 Å². The molecular formula is C14H18BrClN4S. The molecule has 0 spiro atoms. The Hall–Kier alpha value is -0.300. The SMILES string of the molecule is CC(Cl)c1nc2cc(Br)cnc2n1CCN1CCSCC1. The summed E-state index contributed by atoms with van der Waals surface area (Å²) in [5.74, 6) is 3.37. The maximum absolute atomic E-state index is 6.30. The highest BCUT2D eigenvalue weighted by Crippen LogP contribution is 2.25. The molecule has 0 bridgehead atoms. The van der Waals surface area contributed by atoms with E-state index < -0.39 is 0 Å². The predicted octanol–water partition coefficient (Wildman–Crippen LogP) is 3.54. The molecule has 1 saturated heterocycles.